The zero-order valence-electron chi connectivity index (χ0n) is 25.5. The first-order valence-electron chi connectivity index (χ1n) is 12.8. The van der Waals surface area contributed by atoms with Crippen LogP contribution >= 0.6 is 7.82 Å². The Morgan fingerprint density at radius 3 is 1.75 bits per heavy atom. The van der Waals surface area contributed by atoms with Crippen LogP contribution in [0.1, 0.15) is 111 Å². The normalized spacial score (nSPS) is 14.2. The van der Waals surface area contributed by atoms with Crippen LogP contribution in [0.3, 0.4) is 0 Å². The monoisotopic (exact) mass is 542 g/mol. The zero-order valence-corrected chi connectivity index (χ0v) is 27.4. The Morgan fingerprint density at radius 1 is 0.889 bits per heavy atom. The molecule has 0 spiro atoms. The van der Waals surface area contributed by atoms with Gasteiger partial charge in [-0.15, -0.1) is 0 Å². The Labute approximate surface area is 221 Å². The van der Waals surface area contributed by atoms with Crippen molar-refractivity contribution in [2.24, 2.45) is 0 Å². The molecule has 208 valence electrons. The summed E-state index contributed by atoms with van der Waals surface area (Å²) in [6, 6.07) is 3.52. The summed E-state index contributed by atoms with van der Waals surface area (Å²) in [6.45, 7) is 30.2. The molecule has 0 aliphatic heterocycles. The molecule has 1 rings (SSSR count). The van der Waals surface area contributed by atoms with E-state index >= 15 is 0 Å². The van der Waals surface area contributed by atoms with Gasteiger partial charge in [-0.3, -0.25) is 13.8 Å². The summed E-state index contributed by atoms with van der Waals surface area (Å²) in [5, 5.41) is 0.117. The maximum atomic E-state index is 14.0. The molecule has 0 N–H and O–H groups in total. The highest BCUT2D eigenvalue weighted by Gasteiger charge is 2.41. The van der Waals surface area contributed by atoms with Crippen LogP contribution < -0.4 is 4.52 Å². The van der Waals surface area contributed by atoms with Gasteiger partial charge in [-0.1, -0.05) is 34.6 Å². The van der Waals surface area contributed by atoms with E-state index in [4.69, 9.17) is 18.0 Å². The van der Waals surface area contributed by atoms with E-state index in [1.807, 2.05) is 13.0 Å². The third-order valence-corrected chi connectivity index (χ3v) is 12.9. The second-order valence-electron chi connectivity index (χ2n) is 13.9. The van der Waals surface area contributed by atoms with Gasteiger partial charge >= 0.3 is 7.82 Å². The molecule has 0 aliphatic rings. The van der Waals surface area contributed by atoms with Crippen molar-refractivity contribution in [1.82, 2.24) is 0 Å². The fourth-order valence-electron chi connectivity index (χ4n) is 3.65. The molecular formula is C28H51O6PSi. The van der Waals surface area contributed by atoms with Gasteiger partial charge in [0.05, 0.1) is 11.2 Å². The number of phosphoric acid groups is 1. The second-order valence-corrected chi connectivity index (χ2v) is 20.2. The number of benzene rings is 1. The van der Waals surface area contributed by atoms with Crippen LogP contribution in [0.5, 0.6) is 5.75 Å². The first-order valence-corrected chi connectivity index (χ1v) is 17.2. The van der Waals surface area contributed by atoms with Gasteiger partial charge in [0.25, 0.3) is 0 Å². The minimum atomic E-state index is -4.06. The first-order chi connectivity index (χ1) is 15.8. The maximum absolute atomic E-state index is 14.0. The summed E-state index contributed by atoms with van der Waals surface area (Å²) in [6.07, 6.45) is 0.723. The van der Waals surface area contributed by atoms with Gasteiger partial charge in [0.15, 0.2) is 14.1 Å². The number of ketones is 1. The predicted molar refractivity (Wildman–Crippen MR) is 152 cm³/mol. The van der Waals surface area contributed by atoms with E-state index in [0.717, 1.165) is 17.5 Å². The SMILES string of the molecule is CC(=O)c1cc(C)c(C(C)(C)CCO[Si](C)(C)C(C)(C)C)c(OP(=O)(OC(C)(C)C)OC(C)(C)C)c1. The summed E-state index contributed by atoms with van der Waals surface area (Å²) in [7, 11) is -5.97. The molecule has 0 saturated carbocycles. The number of aryl methyl sites for hydroxylation is 1. The lowest BCUT2D eigenvalue weighted by Crippen LogP contribution is -2.41. The number of Topliss-reactive ketones (excluding diaryl/α,β-unsaturated/α-hetero) is 1. The third-order valence-electron chi connectivity index (χ3n) is 6.36. The standard InChI is InChI=1S/C28H51O6PSi/c1-20-18-22(21(2)29)19-23(32-35(30,33-25(3,4)5)34-26(6,7)8)24(20)28(12,13)16-17-31-36(14,15)27(9,10)11/h18-19H,16-17H2,1-15H3. The van der Waals surface area contributed by atoms with Crippen LogP contribution in [-0.4, -0.2) is 31.9 Å². The predicted octanol–water partition coefficient (Wildman–Crippen LogP) is 9.00. The fraction of sp³-hybridized carbons (Fsp3) is 0.750. The van der Waals surface area contributed by atoms with Crippen LogP contribution in [0.2, 0.25) is 18.1 Å². The Bertz CT molecular complexity index is 957. The van der Waals surface area contributed by atoms with E-state index in [1.54, 1.807) is 47.6 Å². The smallest absolute Gasteiger partial charge is 0.417 e. The van der Waals surface area contributed by atoms with Crippen LogP contribution in [0.15, 0.2) is 12.1 Å². The van der Waals surface area contributed by atoms with E-state index in [2.05, 4.69) is 47.7 Å². The van der Waals surface area contributed by atoms with Gasteiger partial charge < -0.3 is 8.95 Å². The Kier molecular flexibility index (Phi) is 10.1. The van der Waals surface area contributed by atoms with Crippen molar-refractivity contribution in [3.05, 3.63) is 28.8 Å². The van der Waals surface area contributed by atoms with Crippen LogP contribution in [-0.2, 0) is 23.5 Å². The minimum absolute atomic E-state index is 0.100. The molecule has 0 fully saturated rings. The highest BCUT2D eigenvalue weighted by atomic mass is 31.2. The Balaban J connectivity index is 3.55. The van der Waals surface area contributed by atoms with E-state index in [9.17, 15) is 9.36 Å². The first kappa shape index (κ1) is 33.0. The summed E-state index contributed by atoms with van der Waals surface area (Å²) < 4.78 is 38.4. The molecule has 0 amide bonds. The lowest BCUT2D eigenvalue weighted by molar-refractivity contribution is 0.0221. The molecule has 6 nitrogen and oxygen atoms in total. The second kappa shape index (κ2) is 11.0. The highest BCUT2D eigenvalue weighted by Crippen LogP contribution is 2.57. The quantitative estimate of drug-likeness (QED) is 0.167. The molecule has 0 bridgehead atoms. The maximum Gasteiger partial charge on any atom is 0.531 e. The molecule has 0 heterocycles. The average Bonchev–Trinajstić information content (AvgIpc) is 2.55. The van der Waals surface area contributed by atoms with E-state index in [1.165, 1.54) is 6.92 Å². The van der Waals surface area contributed by atoms with Gasteiger partial charge in [-0.2, -0.15) is 0 Å². The minimum Gasteiger partial charge on any atom is -0.417 e. The summed E-state index contributed by atoms with van der Waals surface area (Å²) >= 11 is 0. The topological polar surface area (TPSA) is 71.1 Å². The largest absolute Gasteiger partial charge is 0.531 e. The molecule has 0 unspecified atom stereocenters. The third kappa shape index (κ3) is 9.72. The van der Waals surface area contributed by atoms with Gasteiger partial charge in [-0.05, 0) is 103 Å². The number of phosphoric ester groups is 1. The van der Waals surface area contributed by atoms with E-state index in [-0.39, 0.29) is 10.8 Å². The number of carbonyl (C=O) groups is 1. The van der Waals surface area contributed by atoms with Crippen LogP contribution in [0.25, 0.3) is 0 Å². The molecule has 0 aliphatic carbocycles. The van der Waals surface area contributed by atoms with Crippen molar-refractivity contribution < 1.29 is 27.4 Å². The molecule has 8 heteroatoms. The zero-order chi connectivity index (χ0) is 28.5. The van der Waals surface area contributed by atoms with Crippen LogP contribution in [0, 0.1) is 6.92 Å². The van der Waals surface area contributed by atoms with Crippen LogP contribution in [0.4, 0.5) is 0 Å². The van der Waals surface area contributed by atoms with Gasteiger partial charge in [0, 0.05) is 17.7 Å². The summed E-state index contributed by atoms with van der Waals surface area (Å²) in [5.41, 5.74) is 0.277. The Hall–Kier alpha value is -0.983. The molecule has 36 heavy (non-hydrogen) atoms. The van der Waals surface area contributed by atoms with Gasteiger partial charge in [0.2, 0.25) is 0 Å². The molecule has 0 saturated heterocycles. The van der Waals surface area contributed by atoms with E-state index < -0.39 is 32.8 Å². The van der Waals surface area contributed by atoms with E-state index in [0.29, 0.717) is 17.9 Å². The lowest BCUT2D eigenvalue weighted by Gasteiger charge is -2.38. The number of carbonyl (C=O) groups excluding carboxylic acids is 1. The lowest BCUT2D eigenvalue weighted by atomic mass is 9.78. The summed E-state index contributed by atoms with van der Waals surface area (Å²) in [5.74, 6) is 0.242. The van der Waals surface area contributed by atoms with Crippen molar-refractivity contribution >= 4 is 21.9 Å². The van der Waals surface area contributed by atoms with Crippen molar-refractivity contribution in [2.75, 3.05) is 6.61 Å². The molecule has 0 aromatic heterocycles. The fourth-order valence-corrected chi connectivity index (χ4v) is 6.53. The summed E-state index contributed by atoms with van der Waals surface area (Å²) in [4.78, 5) is 12.3. The van der Waals surface area contributed by atoms with Gasteiger partial charge in [0.1, 0.15) is 5.75 Å². The number of rotatable bonds is 10. The number of hydrogen-bond acceptors (Lipinski definition) is 6. The molecule has 1 aromatic carbocycles. The molecule has 0 radical (unpaired) electrons. The van der Waals surface area contributed by atoms with Crippen molar-refractivity contribution in [1.29, 1.82) is 0 Å². The molecule has 1 aromatic rings. The highest BCUT2D eigenvalue weighted by molar-refractivity contribution is 7.49. The molecule has 0 atom stereocenters. The molecular weight excluding hydrogens is 491 g/mol. The van der Waals surface area contributed by atoms with Crippen molar-refractivity contribution in [3.8, 4) is 5.75 Å². The average molecular weight is 543 g/mol. The van der Waals surface area contributed by atoms with Gasteiger partial charge in [-0.25, -0.2) is 4.57 Å². The number of hydrogen-bond donors (Lipinski definition) is 0. The van der Waals surface area contributed by atoms with Crippen molar-refractivity contribution in [3.63, 3.8) is 0 Å². The van der Waals surface area contributed by atoms with Crippen molar-refractivity contribution in [2.45, 2.75) is 131 Å². The Morgan fingerprint density at radius 2 is 1.36 bits per heavy atom.